The smallest absolute Gasteiger partial charge is 0.0485 e. The number of aromatic nitrogens is 1. The summed E-state index contributed by atoms with van der Waals surface area (Å²) in [5.41, 5.74) is 6.02. The molecule has 1 fully saturated rings. The molecule has 2 aliphatic rings. The number of fused-ring (bicyclic) bond motifs is 3. The van der Waals surface area contributed by atoms with Gasteiger partial charge in [0.1, 0.15) is 0 Å². The molecular weight excluding hydrogens is 354 g/mol. The number of hydrogen-bond acceptors (Lipinski definition) is 2. The number of nitrogens with zero attached hydrogens (tertiary/aromatic N) is 3. The molecule has 0 amide bonds. The van der Waals surface area contributed by atoms with Crippen LogP contribution in [0.5, 0.6) is 0 Å². The Morgan fingerprint density at radius 3 is 2.38 bits per heavy atom. The third-order valence-corrected chi connectivity index (χ3v) is 6.79. The van der Waals surface area contributed by atoms with E-state index in [2.05, 4.69) is 69.0 Å². The average Bonchev–Trinajstić information content (AvgIpc) is 3.09. The van der Waals surface area contributed by atoms with Crippen LogP contribution in [-0.4, -0.2) is 40.5 Å². The van der Waals surface area contributed by atoms with Crippen LogP contribution in [0.1, 0.15) is 42.5 Å². The number of para-hydroxylation sites is 1. The van der Waals surface area contributed by atoms with E-state index in [4.69, 9.17) is 0 Å². The second-order valence-electron chi connectivity index (χ2n) is 8.80. The molecule has 1 aromatic heterocycles. The summed E-state index contributed by atoms with van der Waals surface area (Å²) in [5.74, 6) is 0. The lowest BCUT2D eigenvalue weighted by Gasteiger charge is -2.29. The number of piperidine rings is 1. The van der Waals surface area contributed by atoms with Crippen LogP contribution in [0.3, 0.4) is 0 Å². The van der Waals surface area contributed by atoms with Gasteiger partial charge >= 0.3 is 0 Å². The molecule has 3 heterocycles. The Hall–Kier alpha value is -2.10. The van der Waals surface area contributed by atoms with E-state index in [1.165, 1.54) is 68.2 Å². The molecule has 5 rings (SSSR count). The van der Waals surface area contributed by atoms with Crippen molar-refractivity contribution in [3.8, 4) is 0 Å². The first kappa shape index (κ1) is 18.9. The van der Waals surface area contributed by atoms with E-state index < -0.39 is 0 Å². The van der Waals surface area contributed by atoms with E-state index in [1.807, 2.05) is 0 Å². The highest BCUT2D eigenvalue weighted by Crippen LogP contribution is 2.31. The normalized spacial score (nSPS) is 18.2. The van der Waals surface area contributed by atoms with Crippen LogP contribution in [0.25, 0.3) is 10.9 Å². The van der Waals surface area contributed by atoms with Gasteiger partial charge in [-0.2, -0.15) is 0 Å². The summed E-state index contributed by atoms with van der Waals surface area (Å²) < 4.78 is 2.65. The molecule has 0 N–H and O–H groups in total. The summed E-state index contributed by atoms with van der Waals surface area (Å²) in [7, 11) is 0. The number of likely N-dealkylation sites (tertiary alicyclic amines) is 1. The Kier molecular flexibility index (Phi) is 5.69. The van der Waals surface area contributed by atoms with Crippen LogP contribution in [0.4, 0.5) is 0 Å². The molecule has 0 saturated carbocycles. The van der Waals surface area contributed by atoms with Gasteiger partial charge in [0, 0.05) is 49.2 Å². The number of benzene rings is 2. The molecule has 1 saturated heterocycles. The Morgan fingerprint density at radius 2 is 1.52 bits per heavy atom. The van der Waals surface area contributed by atoms with Crippen molar-refractivity contribution in [2.24, 2.45) is 0 Å². The third-order valence-electron chi connectivity index (χ3n) is 6.79. The number of aryl methyl sites for hydroxylation is 1. The average molecular weight is 388 g/mol. The fraction of sp³-hybridized carbons (Fsp3) is 0.462. The lowest BCUT2D eigenvalue weighted by atomic mass is 10.0. The van der Waals surface area contributed by atoms with E-state index in [9.17, 15) is 0 Å². The summed E-state index contributed by atoms with van der Waals surface area (Å²) in [5, 5.41) is 1.47. The molecule has 0 radical (unpaired) electrons. The Labute approximate surface area is 174 Å². The van der Waals surface area contributed by atoms with Gasteiger partial charge in [0.2, 0.25) is 0 Å². The van der Waals surface area contributed by atoms with Gasteiger partial charge in [0.15, 0.2) is 0 Å². The lowest BCUT2D eigenvalue weighted by molar-refractivity contribution is 0.221. The van der Waals surface area contributed by atoms with E-state index in [0.29, 0.717) is 0 Å². The van der Waals surface area contributed by atoms with Crippen LogP contribution in [-0.2, 0) is 26.1 Å². The minimum absolute atomic E-state index is 1.05. The van der Waals surface area contributed by atoms with E-state index >= 15 is 0 Å². The molecule has 0 spiro atoms. The molecule has 0 aliphatic carbocycles. The molecule has 0 atom stereocenters. The molecule has 0 unspecified atom stereocenters. The highest BCUT2D eigenvalue weighted by atomic mass is 15.1. The standard InChI is InChI=1S/C26H33N3/c1-3-10-22(11-4-1)20-28-19-14-26-24(21-28)23-12-5-6-13-25(23)29(26)18-9-17-27-15-7-2-8-16-27/h1,3-6,10-13H,2,7-9,14-21H2. The van der Waals surface area contributed by atoms with Crippen molar-refractivity contribution < 1.29 is 0 Å². The van der Waals surface area contributed by atoms with Crippen LogP contribution >= 0.6 is 0 Å². The molecular formula is C26H33N3. The largest absolute Gasteiger partial charge is 0.344 e. The van der Waals surface area contributed by atoms with Gasteiger partial charge in [-0.1, -0.05) is 55.0 Å². The quantitative estimate of drug-likeness (QED) is 0.585. The van der Waals surface area contributed by atoms with E-state index in [0.717, 1.165) is 26.2 Å². The van der Waals surface area contributed by atoms with Crippen LogP contribution in [0.2, 0.25) is 0 Å². The second-order valence-corrected chi connectivity index (χ2v) is 8.80. The van der Waals surface area contributed by atoms with Crippen molar-refractivity contribution in [2.45, 2.75) is 51.7 Å². The summed E-state index contributed by atoms with van der Waals surface area (Å²) in [6.45, 7) is 8.30. The Balaban J connectivity index is 1.33. The molecule has 3 heteroatoms. The zero-order chi connectivity index (χ0) is 19.5. The Bertz CT molecular complexity index is 937. The van der Waals surface area contributed by atoms with E-state index in [-0.39, 0.29) is 0 Å². The molecule has 2 aromatic carbocycles. The highest BCUT2D eigenvalue weighted by Gasteiger charge is 2.24. The minimum atomic E-state index is 1.05. The maximum atomic E-state index is 2.67. The lowest BCUT2D eigenvalue weighted by Crippen LogP contribution is -2.32. The monoisotopic (exact) mass is 387 g/mol. The molecule has 2 aliphatic heterocycles. The summed E-state index contributed by atoms with van der Waals surface area (Å²) in [6, 6.07) is 20.0. The SMILES string of the molecule is c1ccc(CN2CCc3c(c4ccccc4n3CCCN3CCCCC3)C2)cc1. The van der Waals surface area contributed by atoms with Gasteiger partial charge in [-0.15, -0.1) is 0 Å². The zero-order valence-corrected chi connectivity index (χ0v) is 17.5. The van der Waals surface area contributed by atoms with Crippen molar-refractivity contribution >= 4 is 10.9 Å². The molecule has 152 valence electrons. The van der Waals surface area contributed by atoms with Gasteiger partial charge < -0.3 is 9.47 Å². The topological polar surface area (TPSA) is 11.4 Å². The van der Waals surface area contributed by atoms with Crippen molar-refractivity contribution in [3.05, 3.63) is 71.4 Å². The van der Waals surface area contributed by atoms with Gasteiger partial charge in [-0.3, -0.25) is 4.90 Å². The van der Waals surface area contributed by atoms with Gasteiger partial charge in [0.25, 0.3) is 0 Å². The van der Waals surface area contributed by atoms with Crippen molar-refractivity contribution in [1.82, 2.24) is 14.4 Å². The maximum absolute atomic E-state index is 2.67. The highest BCUT2D eigenvalue weighted by molar-refractivity contribution is 5.85. The first-order valence-corrected chi connectivity index (χ1v) is 11.5. The third kappa shape index (κ3) is 4.12. The second kappa shape index (κ2) is 8.73. The van der Waals surface area contributed by atoms with Crippen LogP contribution < -0.4 is 0 Å². The molecule has 3 nitrogen and oxygen atoms in total. The van der Waals surface area contributed by atoms with E-state index in [1.54, 1.807) is 11.3 Å². The zero-order valence-electron chi connectivity index (χ0n) is 17.5. The minimum Gasteiger partial charge on any atom is -0.344 e. The van der Waals surface area contributed by atoms with Gasteiger partial charge in [-0.25, -0.2) is 0 Å². The predicted octanol–water partition coefficient (Wildman–Crippen LogP) is 5.08. The van der Waals surface area contributed by atoms with Gasteiger partial charge in [-0.05, 0) is 56.1 Å². The first-order chi connectivity index (χ1) is 14.4. The summed E-state index contributed by atoms with van der Waals surface area (Å²) in [6.07, 6.45) is 6.63. The van der Waals surface area contributed by atoms with Crippen molar-refractivity contribution in [1.29, 1.82) is 0 Å². The molecule has 29 heavy (non-hydrogen) atoms. The fourth-order valence-electron chi connectivity index (χ4n) is 5.32. The van der Waals surface area contributed by atoms with Crippen molar-refractivity contribution in [2.75, 3.05) is 26.2 Å². The maximum Gasteiger partial charge on any atom is 0.0485 e. The fourth-order valence-corrected chi connectivity index (χ4v) is 5.32. The predicted molar refractivity (Wildman–Crippen MR) is 121 cm³/mol. The number of rotatable bonds is 6. The van der Waals surface area contributed by atoms with Gasteiger partial charge in [0.05, 0.1) is 0 Å². The summed E-state index contributed by atoms with van der Waals surface area (Å²) in [4.78, 5) is 5.28. The Morgan fingerprint density at radius 1 is 0.724 bits per heavy atom. The van der Waals surface area contributed by atoms with Crippen LogP contribution in [0, 0.1) is 0 Å². The molecule has 0 bridgehead atoms. The first-order valence-electron chi connectivity index (χ1n) is 11.5. The van der Waals surface area contributed by atoms with Crippen molar-refractivity contribution in [3.63, 3.8) is 0 Å². The molecule has 3 aromatic rings. The van der Waals surface area contributed by atoms with Crippen LogP contribution in [0.15, 0.2) is 54.6 Å². The number of hydrogen-bond donors (Lipinski definition) is 0. The summed E-state index contributed by atoms with van der Waals surface area (Å²) >= 11 is 0.